The Bertz CT molecular complexity index is 306. The predicted octanol–water partition coefficient (Wildman–Crippen LogP) is 3.29. The second-order valence-electron chi connectivity index (χ2n) is 3.69. The quantitative estimate of drug-likeness (QED) is 0.921. The molecule has 1 aliphatic rings. The Labute approximate surface area is 107 Å². The van der Waals surface area contributed by atoms with Crippen molar-refractivity contribution in [3.8, 4) is 0 Å². The minimum atomic E-state index is 0.684. The third kappa shape index (κ3) is 3.43. The van der Waals surface area contributed by atoms with E-state index in [0.29, 0.717) is 5.92 Å². The summed E-state index contributed by atoms with van der Waals surface area (Å²) in [6, 6.07) is 2.07. The first-order chi connectivity index (χ1) is 7.25. The fourth-order valence-corrected chi connectivity index (χ4v) is 3.38. The van der Waals surface area contributed by atoms with Crippen LogP contribution in [0.4, 0.5) is 0 Å². The SMILES string of the molecule is Clc1sc(CNCC2CCOC2)cc1Br. The Morgan fingerprint density at radius 2 is 2.53 bits per heavy atom. The van der Waals surface area contributed by atoms with Gasteiger partial charge in [0.1, 0.15) is 4.34 Å². The van der Waals surface area contributed by atoms with Crippen LogP contribution in [0.25, 0.3) is 0 Å². The molecule has 0 radical (unpaired) electrons. The zero-order chi connectivity index (χ0) is 10.7. The Hall–Kier alpha value is 0.390. The number of thiophene rings is 1. The number of ether oxygens (including phenoxy) is 1. The lowest BCUT2D eigenvalue weighted by atomic mass is 10.1. The fraction of sp³-hybridized carbons (Fsp3) is 0.600. The lowest BCUT2D eigenvalue weighted by Crippen LogP contribution is -2.22. The van der Waals surface area contributed by atoms with Gasteiger partial charge in [-0.05, 0) is 34.3 Å². The van der Waals surface area contributed by atoms with Crippen molar-refractivity contribution in [1.29, 1.82) is 0 Å². The van der Waals surface area contributed by atoms with Crippen molar-refractivity contribution in [2.75, 3.05) is 19.8 Å². The summed E-state index contributed by atoms with van der Waals surface area (Å²) in [5.74, 6) is 0.684. The lowest BCUT2D eigenvalue weighted by Gasteiger charge is -2.07. The van der Waals surface area contributed by atoms with E-state index in [9.17, 15) is 0 Å². The van der Waals surface area contributed by atoms with Crippen molar-refractivity contribution in [2.45, 2.75) is 13.0 Å². The van der Waals surface area contributed by atoms with Crippen LogP contribution in [-0.4, -0.2) is 19.8 Å². The molecule has 1 aromatic rings. The van der Waals surface area contributed by atoms with Crippen LogP contribution < -0.4 is 5.32 Å². The number of nitrogens with one attached hydrogen (secondary N) is 1. The molecule has 0 saturated carbocycles. The van der Waals surface area contributed by atoms with Crippen molar-refractivity contribution < 1.29 is 4.74 Å². The predicted molar refractivity (Wildman–Crippen MR) is 67.7 cm³/mol. The first kappa shape index (κ1) is 11.9. The van der Waals surface area contributed by atoms with E-state index in [1.54, 1.807) is 11.3 Å². The Morgan fingerprint density at radius 1 is 1.67 bits per heavy atom. The van der Waals surface area contributed by atoms with E-state index >= 15 is 0 Å². The summed E-state index contributed by atoms with van der Waals surface area (Å²) in [5.41, 5.74) is 0. The molecule has 0 bridgehead atoms. The van der Waals surface area contributed by atoms with Crippen molar-refractivity contribution in [3.63, 3.8) is 0 Å². The van der Waals surface area contributed by atoms with Crippen LogP contribution in [0.15, 0.2) is 10.5 Å². The van der Waals surface area contributed by atoms with Crippen molar-refractivity contribution >= 4 is 38.9 Å². The number of hydrogen-bond donors (Lipinski definition) is 1. The van der Waals surface area contributed by atoms with Crippen LogP contribution in [0.1, 0.15) is 11.3 Å². The first-order valence-corrected chi connectivity index (χ1v) is 6.96. The summed E-state index contributed by atoms with van der Waals surface area (Å²) < 4.78 is 7.14. The van der Waals surface area contributed by atoms with E-state index in [2.05, 4.69) is 27.3 Å². The summed E-state index contributed by atoms with van der Waals surface area (Å²) in [7, 11) is 0. The lowest BCUT2D eigenvalue weighted by molar-refractivity contribution is 0.185. The average molecular weight is 311 g/mol. The molecule has 1 aliphatic heterocycles. The van der Waals surface area contributed by atoms with Gasteiger partial charge in [0.25, 0.3) is 0 Å². The molecule has 1 aromatic heterocycles. The maximum Gasteiger partial charge on any atom is 0.107 e. The van der Waals surface area contributed by atoms with E-state index in [1.165, 1.54) is 11.3 Å². The molecule has 2 nitrogen and oxygen atoms in total. The van der Waals surface area contributed by atoms with E-state index in [-0.39, 0.29) is 0 Å². The topological polar surface area (TPSA) is 21.3 Å². The summed E-state index contributed by atoms with van der Waals surface area (Å²) in [6.45, 7) is 3.75. The Balaban J connectivity index is 1.73. The van der Waals surface area contributed by atoms with Gasteiger partial charge in [-0.2, -0.15) is 0 Å². The maximum absolute atomic E-state index is 5.96. The van der Waals surface area contributed by atoms with Gasteiger partial charge in [-0.15, -0.1) is 11.3 Å². The van der Waals surface area contributed by atoms with Crippen molar-refractivity contribution in [2.24, 2.45) is 5.92 Å². The molecule has 84 valence electrons. The number of halogens is 2. The van der Waals surface area contributed by atoms with Crippen LogP contribution in [0.5, 0.6) is 0 Å². The second kappa shape index (κ2) is 5.64. The first-order valence-electron chi connectivity index (χ1n) is 4.98. The third-order valence-corrected chi connectivity index (χ3v) is 4.93. The van der Waals surface area contributed by atoms with E-state index in [0.717, 1.165) is 35.1 Å². The van der Waals surface area contributed by atoms with Gasteiger partial charge in [0.2, 0.25) is 0 Å². The monoisotopic (exact) mass is 309 g/mol. The van der Waals surface area contributed by atoms with Gasteiger partial charge >= 0.3 is 0 Å². The van der Waals surface area contributed by atoms with E-state index < -0.39 is 0 Å². The summed E-state index contributed by atoms with van der Waals surface area (Å²) >= 11 is 11.0. The van der Waals surface area contributed by atoms with Crippen LogP contribution in [0.2, 0.25) is 4.34 Å². The molecule has 0 spiro atoms. The maximum atomic E-state index is 5.96. The molecule has 0 aliphatic carbocycles. The largest absolute Gasteiger partial charge is 0.381 e. The molecular formula is C10H13BrClNOS. The highest BCUT2D eigenvalue weighted by Gasteiger charge is 2.14. The summed E-state index contributed by atoms with van der Waals surface area (Å²) in [6.07, 6.45) is 1.18. The molecule has 0 amide bonds. The molecular weight excluding hydrogens is 298 g/mol. The molecule has 1 N–H and O–H groups in total. The minimum Gasteiger partial charge on any atom is -0.381 e. The highest BCUT2D eigenvalue weighted by Crippen LogP contribution is 2.31. The highest BCUT2D eigenvalue weighted by molar-refractivity contribution is 9.10. The standard InChI is InChI=1S/C10H13BrClNOS/c11-9-3-8(15-10(9)12)5-13-4-7-1-2-14-6-7/h3,7,13H,1-2,4-6H2. The molecule has 2 rings (SSSR count). The summed E-state index contributed by atoms with van der Waals surface area (Å²) in [5, 5.41) is 3.44. The molecule has 1 saturated heterocycles. The van der Waals surface area contributed by atoms with Gasteiger partial charge < -0.3 is 10.1 Å². The average Bonchev–Trinajstić information content (AvgIpc) is 2.79. The molecule has 1 fully saturated rings. The van der Waals surface area contributed by atoms with E-state index in [4.69, 9.17) is 16.3 Å². The zero-order valence-electron chi connectivity index (χ0n) is 8.26. The number of rotatable bonds is 4. The van der Waals surface area contributed by atoms with Gasteiger partial charge in [-0.25, -0.2) is 0 Å². The van der Waals surface area contributed by atoms with Crippen molar-refractivity contribution in [1.82, 2.24) is 5.32 Å². The smallest absolute Gasteiger partial charge is 0.107 e. The zero-order valence-corrected chi connectivity index (χ0v) is 11.4. The van der Waals surface area contributed by atoms with Gasteiger partial charge in [0.15, 0.2) is 0 Å². The second-order valence-corrected chi connectivity index (χ2v) is 6.29. The van der Waals surface area contributed by atoms with Gasteiger partial charge in [-0.3, -0.25) is 0 Å². The number of hydrogen-bond acceptors (Lipinski definition) is 3. The van der Waals surface area contributed by atoms with Crippen LogP contribution in [-0.2, 0) is 11.3 Å². The molecule has 0 aromatic carbocycles. The molecule has 1 unspecified atom stereocenters. The fourth-order valence-electron chi connectivity index (χ4n) is 1.62. The third-order valence-electron chi connectivity index (χ3n) is 2.45. The highest BCUT2D eigenvalue weighted by atomic mass is 79.9. The van der Waals surface area contributed by atoms with Gasteiger partial charge in [0.05, 0.1) is 6.61 Å². The molecule has 1 atom stereocenters. The Kier molecular flexibility index (Phi) is 4.46. The van der Waals surface area contributed by atoms with E-state index in [1.807, 2.05) is 0 Å². The molecule has 5 heteroatoms. The van der Waals surface area contributed by atoms with Crippen LogP contribution >= 0.6 is 38.9 Å². The van der Waals surface area contributed by atoms with Gasteiger partial charge in [0, 0.05) is 29.0 Å². The van der Waals surface area contributed by atoms with Crippen LogP contribution in [0.3, 0.4) is 0 Å². The van der Waals surface area contributed by atoms with Crippen LogP contribution in [0, 0.1) is 5.92 Å². The van der Waals surface area contributed by atoms with Crippen molar-refractivity contribution in [3.05, 3.63) is 19.8 Å². The molecule has 2 heterocycles. The molecule has 15 heavy (non-hydrogen) atoms. The van der Waals surface area contributed by atoms with Gasteiger partial charge in [-0.1, -0.05) is 11.6 Å². The minimum absolute atomic E-state index is 0.684. The Morgan fingerprint density at radius 3 is 3.13 bits per heavy atom. The summed E-state index contributed by atoms with van der Waals surface area (Å²) in [4.78, 5) is 1.27. The normalized spacial score (nSPS) is 21.1.